The molecular weight excluding hydrogens is 448 g/mol. The van der Waals surface area contributed by atoms with Gasteiger partial charge in [0.15, 0.2) is 0 Å². The van der Waals surface area contributed by atoms with Crippen LogP contribution in [0.15, 0.2) is 11.6 Å². The summed E-state index contributed by atoms with van der Waals surface area (Å²) in [6.07, 6.45) is 12.7. The molecule has 5 aliphatic rings. The van der Waals surface area contributed by atoms with E-state index in [-0.39, 0.29) is 45.1 Å². The predicted molar refractivity (Wildman–Crippen MR) is 142 cm³/mol. The highest BCUT2D eigenvalue weighted by atomic mass is 16.5. The van der Waals surface area contributed by atoms with Crippen LogP contribution in [0.25, 0.3) is 0 Å². The Morgan fingerprint density at radius 1 is 0.833 bits per heavy atom. The Kier molecular flexibility index (Phi) is 5.74. The summed E-state index contributed by atoms with van der Waals surface area (Å²) in [6, 6.07) is 0. The maximum absolute atomic E-state index is 12.9. The second kappa shape index (κ2) is 7.85. The third-order valence-electron chi connectivity index (χ3n) is 13.0. The number of aliphatic carboxylic acids is 1. The van der Waals surface area contributed by atoms with Crippen molar-refractivity contribution in [2.45, 2.75) is 126 Å². The Balaban J connectivity index is 1.54. The van der Waals surface area contributed by atoms with Gasteiger partial charge < -0.3 is 9.84 Å². The number of hydrogen-bond acceptors (Lipinski definition) is 3. The zero-order valence-corrected chi connectivity index (χ0v) is 24.1. The van der Waals surface area contributed by atoms with Crippen LogP contribution in [0.3, 0.4) is 0 Å². The zero-order valence-electron chi connectivity index (χ0n) is 24.1. The first-order chi connectivity index (χ1) is 16.5. The Morgan fingerprint density at radius 2 is 1.50 bits per heavy atom. The van der Waals surface area contributed by atoms with E-state index in [9.17, 15) is 14.7 Å². The van der Waals surface area contributed by atoms with E-state index in [1.54, 1.807) is 0 Å². The molecule has 4 fully saturated rings. The first kappa shape index (κ1) is 26.3. The van der Waals surface area contributed by atoms with Gasteiger partial charge in [0.25, 0.3) is 0 Å². The lowest BCUT2D eigenvalue weighted by Gasteiger charge is -2.70. The number of carbonyl (C=O) groups excluding carboxylic acids is 1. The lowest BCUT2D eigenvalue weighted by atomic mass is 9.33. The van der Waals surface area contributed by atoms with Gasteiger partial charge in [-0.2, -0.15) is 0 Å². The number of esters is 1. The lowest BCUT2D eigenvalue weighted by molar-refractivity contribution is -0.215. The van der Waals surface area contributed by atoms with Crippen molar-refractivity contribution in [2.75, 3.05) is 0 Å². The van der Waals surface area contributed by atoms with Crippen LogP contribution < -0.4 is 0 Å². The molecule has 0 saturated heterocycles. The highest BCUT2D eigenvalue weighted by Crippen LogP contribution is 2.75. The van der Waals surface area contributed by atoms with Crippen LogP contribution in [0, 0.1) is 50.2 Å². The third-order valence-corrected chi connectivity index (χ3v) is 13.0. The van der Waals surface area contributed by atoms with Crippen LogP contribution in [0.4, 0.5) is 0 Å². The summed E-state index contributed by atoms with van der Waals surface area (Å²) in [5.41, 5.74) is 1.41. The van der Waals surface area contributed by atoms with Gasteiger partial charge in [0, 0.05) is 12.3 Å². The van der Waals surface area contributed by atoms with Gasteiger partial charge in [-0.1, -0.05) is 60.1 Å². The quantitative estimate of drug-likeness (QED) is 0.311. The van der Waals surface area contributed by atoms with E-state index in [1.807, 2.05) is 0 Å². The Morgan fingerprint density at radius 3 is 2.14 bits per heavy atom. The van der Waals surface area contributed by atoms with Crippen molar-refractivity contribution in [3.05, 3.63) is 11.6 Å². The molecule has 0 aromatic rings. The van der Waals surface area contributed by atoms with Crippen molar-refractivity contribution < 1.29 is 19.4 Å². The highest BCUT2D eigenvalue weighted by molar-refractivity contribution is 5.75. The molecule has 0 spiro atoms. The number of ether oxygens (including phenoxy) is 1. The standard InChI is InChI=1S/C32H50O4/c1-20(33)36-25-12-15-29(6)21(28(25,4)5)9-13-30(7)22(29)10-14-31(8)23(30)11-16-32(26(34)35)18-17-27(2,3)19-24(31)32/h9,22-25H,10-19H2,1-8H3,(H,34,35). The largest absolute Gasteiger partial charge is 0.481 e. The van der Waals surface area contributed by atoms with E-state index in [0.29, 0.717) is 11.8 Å². The van der Waals surface area contributed by atoms with Crippen molar-refractivity contribution in [1.29, 1.82) is 0 Å². The molecule has 5 aliphatic carbocycles. The van der Waals surface area contributed by atoms with Crippen molar-refractivity contribution in [1.82, 2.24) is 0 Å². The molecule has 4 heteroatoms. The molecule has 8 unspecified atom stereocenters. The normalized spacial score (nSPS) is 48.8. The van der Waals surface area contributed by atoms with Crippen LogP contribution in [-0.2, 0) is 14.3 Å². The van der Waals surface area contributed by atoms with E-state index in [4.69, 9.17) is 4.74 Å². The minimum atomic E-state index is -0.534. The summed E-state index contributed by atoms with van der Waals surface area (Å²) in [7, 11) is 0. The van der Waals surface area contributed by atoms with Gasteiger partial charge in [-0.25, -0.2) is 0 Å². The number of fused-ring (bicyclic) bond motifs is 7. The molecule has 0 aliphatic heterocycles. The summed E-state index contributed by atoms with van der Waals surface area (Å²) in [4.78, 5) is 24.7. The molecule has 8 atom stereocenters. The summed E-state index contributed by atoms with van der Waals surface area (Å²) in [5.74, 6) is 0.704. The Hall–Kier alpha value is -1.32. The van der Waals surface area contributed by atoms with Gasteiger partial charge in [-0.05, 0) is 104 Å². The molecule has 1 N–H and O–H groups in total. The molecule has 36 heavy (non-hydrogen) atoms. The summed E-state index contributed by atoms with van der Waals surface area (Å²) >= 11 is 0. The fourth-order valence-electron chi connectivity index (χ4n) is 11.3. The van der Waals surface area contributed by atoms with E-state index in [1.165, 1.54) is 18.9 Å². The van der Waals surface area contributed by atoms with Crippen LogP contribution >= 0.6 is 0 Å². The van der Waals surface area contributed by atoms with E-state index < -0.39 is 11.4 Å². The topological polar surface area (TPSA) is 63.6 Å². The van der Waals surface area contributed by atoms with Gasteiger partial charge in [-0.15, -0.1) is 0 Å². The number of carbonyl (C=O) groups is 2. The van der Waals surface area contributed by atoms with Crippen molar-refractivity contribution in [2.24, 2.45) is 50.2 Å². The molecule has 5 rings (SSSR count). The predicted octanol–water partition coefficient (Wildman–Crippen LogP) is 7.80. The molecule has 0 radical (unpaired) electrons. The van der Waals surface area contributed by atoms with Gasteiger partial charge in [0.2, 0.25) is 0 Å². The third kappa shape index (κ3) is 3.37. The van der Waals surface area contributed by atoms with Gasteiger partial charge in [0.1, 0.15) is 6.10 Å². The zero-order chi connectivity index (χ0) is 26.5. The smallest absolute Gasteiger partial charge is 0.309 e. The van der Waals surface area contributed by atoms with E-state index in [0.717, 1.165) is 57.8 Å². The molecule has 0 amide bonds. The van der Waals surface area contributed by atoms with Crippen molar-refractivity contribution >= 4 is 11.9 Å². The van der Waals surface area contributed by atoms with Crippen LogP contribution in [-0.4, -0.2) is 23.1 Å². The average Bonchev–Trinajstić information content (AvgIpc) is 2.75. The second-order valence-electron chi connectivity index (χ2n) is 15.7. The molecular formula is C32H50O4. The average molecular weight is 499 g/mol. The maximum atomic E-state index is 12.9. The number of carboxylic acid groups (broad SMARTS) is 1. The molecule has 202 valence electrons. The number of allylic oxidation sites excluding steroid dienone is 1. The second-order valence-corrected chi connectivity index (χ2v) is 15.7. The SMILES string of the molecule is CC(=O)OC1CCC2(C)C(=CCC3(C)C2CCC2(C)C4CC(C)(C)CCC4(C(=O)O)CCC32)C1(C)C. The summed E-state index contributed by atoms with van der Waals surface area (Å²) in [5, 5.41) is 10.6. The monoisotopic (exact) mass is 498 g/mol. The Labute approximate surface area is 219 Å². The first-order valence-electron chi connectivity index (χ1n) is 14.6. The lowest BCUT2D eigenvalue weighted by Crippen LogP contribution is -2.65. The van der Waals surface area contributed by atoms with Crippen LogP contribution in [0.5, 0.6) is 0 Å². The van der Waals surface area contributed by atoms with Crippen LogP contribution in [0.2, 0.25) is 0 Å². The van der Waals surface area contributed by atoms with Crippen molar-refractivity contribution in [3.63, 3.8) is 0 Å². The van der Waals surface area contributed by atoms with Gasteiger partial charge in [0.05, 0.1) is 5.41 Å². The number of rotatable bonds is 2. The number of carboxylic acids is 1. The van der Waals surface area contributed by atoms with Gasteiger partial charge in [-0.3, -0.25) is 9.59 Å². The molecule has 0 bridgehead atoms. The number of hydrogen-bond donors (Lipinski definition) is 1. The molecule has 0 heterocycles. The van der Waals surface area contributed by atoms with Gasteiger partial charge >= 0.3 is 11.9 Å². The minimum Gasteiger partial charge on any atom is -0.481 e. The first-order valence-corrected chi connectivity index (χ1v) is 14.6. The fraction of sp³-hybridized carbons (Fsp3) is 0.875. The van der Waals surface area contributed by atoms with E-state index in [2.05, 4.69) is 54.5 Å². The fourth-order valence-corrected chi connectivity index (χ4v) is 11.3. The highest BCUT2D eigenvalue weighted by Gasteiger charge is 2.69. The molecule has 4 nitrogen and oxygen atoms in total. The summed E-state index contributed by atoms with van der Waals surface area (Å²) in [6.45, 7) is 18.4. The maximum Gasteiger partial charge on any atom is 0.309 e. The summed E-state index contributed by atoms with van der Waals surface area (Å²) < 4.78 is 5.84. The van der Waals surface area contributed by atoms with Crippen LogP contribution in [0.1, 0.15) is 120 Å². The molecule has 0 aromatic heterocycles. The molecule has 4 saturated carbocycles. The molecule has 0 aromatic carbocycles. The minimum absolute atomic E-state index is 0.0529. The Bertz CT molecular complexity index is 992. The van der Waals surface area contributed by atoms with Crippen molar-refractivity contribution in [3.8, 4) is 0 Å². The van der Waals surface area contributed by atoms with E-state index >= 15 is 0 Å².